The Labute approximate surface area is 130 Å². The number of benzene rings is 1. The fourth-order valence-electron chi connectivity index (χ4n) is 3.06. The Hall–Kier alpha value is -2.21. The van der Waals surface area contributed by atoms with Gasteiger partial charge in [0.25, 0.3) is 11.5 Å². The number of thiophene rings is 1. The van der Waals surface area contributed by atoms with Gasteiger partial charge >= 0.3 is 0 Å². The fourth-order valence-corrected chi connectivity index (χ4v) is 4.14. The van der Waals surface area contributed by atoms with Crippen molar-refractivity contribution in [2.75, 3.05) is 4.90 Å². The summed E-state index contributed by atoms with van der Waals surface area (Å²) in [6, 6.07) is 7.33. The van der Waals surface area contributed by atoms with Gasteiger partial charge in [-0.3, -0.25) is 19.1 Å². The highest BCUT2D eigenvalue weighted by atomic mass is 32.1. The first kappa shape index (κ1) is 13.5. The maximum atomic E-state index is 12.9. The Morgan fingerprint density at radius 2 is 1.95 bits per heavy atom. The van der Waals surface area contributed by atoms with Crippen LogP contribution >= 0.6 is 11.3 Å². The van der Waals surface area contributed by atoms with Crippen LogP contribution in [-0.2, 0) is 4.79 Å². The molecule has 3 heterocycles. The summed E-state index contributed by atoms with van der Waals surface area (Å²) < 4.78 is 3.19. The molecule has 1 aromatic carbocycles. The van der Waals surface area contributed by atoms with Crippen molar-refractivity contribution in [1.82, 2.24) is 9.55 Å². The van der Waals surface area contributed by atoms with Crippen LogP contribution in [0.25, 0.3) is 20.3 Å². The predicted molar refractivity (Wildman–Crippen MR) is 88.7 cm³/mol. The van der Waals surface area contributed by atoms with E-state index in [1.165, 1.54) is 15.9 Å². The van der Waals surface area contributed by atoms with Crippen LogP contribution in [0.1, 0.15) is 26.8 Å². The first-order valence-corrected chi connectivity index (χ1v) is 8.09. The van der Waals surface area contributed by atoms with Crippen molar-refractivity contribution in [2.45, 2.75) is 32.9 Å². The quantitative estimate of drug-likeness (QED) is 0.694. The van der Waals surface area contributed by atoms with Crippen LogP contribution in [0.15, 0.2) is 29.1 Å². The van der Waals surface area contributed by atoms with Gasteiger partial charge in [-0.1, -0.05) is 18.2 Å². The minimum absolute atomic E-state index is 0.0297. The summed E-state index contributed by atoms with van der Waals surface area (Å²) in [5.74, 6) is 0.398. The third-order valence-electron chi connectivity index (χ3n) is 4.12. The summed E-state index contributed by atoms with van der Waals surface area (Å²) >= 11 is 1.44. The van der Waals surface area contributed by atoms with Crippen LogP contribution in [0.5, 0.6) is 0 Å². The van der Waals surface area contributed by atoms with Gasteiger partial charge < -0.3 is 0 Å². The highest BCUT2D eigenvalue weighted by Gasteiger charge is 2.38. The smallest absolute Gasteiger partial charge is 0.273 e. The van der Waals surface area contributed by atoms with E-state index < -0.39 is 6.04 Å². The number of carbonyl (C=O) groups excluding carboxylic acids is 1. The Kier molecular flexibility index (Phi) is 2.69. The first-order valence-electron chi connectivity index (χ1n) is 7.27. The van der Waals surface area contributed by atoms with Crippen LogP contribution in [0.4, 0.5) is 5.95 Å². The Morgan fingerprint density at radius 3 is 2.68 bits per heavy atom. The van der Waals surface area contributed by atoms with Gasteiger partial charge in [-0.25, -0.2) is 4.98 Å². The monoisotopic (exact) mass is 313 g/mol. The molecule has 1 aliphatic rings. The van der Waals surface area contributed by atoms with Crippen LogP contribution in [0, 0.1) is 0 Å². The molecular weight excluding hydrogens is 298 g/mol. The van der Waals surface area contributed by atoms with Gasteiger partial charge in [-0.05, 0) is 26.8 Å². The second kappa shape index (κ2) is 4.39. The molecule has 2 aromatic heterocycles. The van der Waals surface area contributed by atoms with Gasteiger partial charge in [-0.2, -0.15) is 0 Å². The number of amides is 1. The highest BCUT2D eigenvalue weighted by Crippen LogP contribution is 2.35. The number of aromatic nitrogens is 2. The van der Waals surface area contributed by atoms with Crippen molar-refractivity contribution in [3.8, 4) is 0 Å². The first-order chi connectivity index (χ1) is 10.5. The molecule has 0 radical (unpaired) electrons. The number of anilines is 1. The maximum absolute atomic E-state index is 12.9. The van der Waals surface area contributed by atoms with Crippen molar-refractivity contribution in [2.24, 2.45) is 0 Å². The molecule has 1 amide bonds. The Morgan fingerprint density at radius 1 is 1.23 bits per heavy atom. The molecular formula is C16H15N3O2S. The maximum Gasteiger partial charge on any atom is 0.273 e. The molecule has 1 aliphatic heterocycles. The average molecular weight is 313 g/mol. The van der Waals surface area contributed by atoms with Gasteiger partial charge in [0.1, 0.15) is 10.7 Å². The number of nitrogens with zero attached hydrogens (tertiary/aromatic N) is 3. The molecule has 6 heteroatoms. The van der Waals surface area contributed by atoms with E-state index in [-0.39, 0.29) is 17.5 Å². The van der Waals surface area contributed by atoms with Gasteiger partial charge in [0.2, 0.25) is 5.95 Å². The molecule has 1 unspecified atom stereocenters. The molecule has 22 heavy (non-hydrogen) atoms. The lowest BCUT2D eigenvalue weighted by Crippen LogP contribution is -2.34. The number of hydrogen-bond acceptors (Lipinski definition) is 4. The molecule has 0 N–H and O–H groups in total. The van der Waals surface area contributed by atoms with Crippen LogP contribution in [0.3, 0.4) is 0 Å². The lowest BCUT2D eigenvalue weighted by Gasteiger charge is -2.19. The lowest BCUT2D eigenvalue weighted by atomic mass is 10.2. The van der Waals surface area contributed by atoms with E-state index in [9.17, 15) is 9.59 Å². The van der Waals surface area contributed by atoms with E-state index in [0.717, 1.165) is 10.1 Å². The zero-order valence-electron chi connectivity index (χ0n) is 12.5. The molecule has 0 saturated heterocycles. The van der Waals surface area contributed by atoms with Crippen molar-refractivity contribution in [1.29, 1.82) is 0 Å². The Bertz CT molecular complexity index is 986. The van der Waals surface area contributed by atoms with Gasteiger partial charge in [0.15, 0.2) is 0 Å². The molecule has 0 fully saturated rings. The second-order valence-corrected chi connectivity index (χ2v) is 6.89. The fraction of sp³-hybridized carbons (Fsp3) is 0.312. The third-order valence-corrected chi connectivity index (χ3v) is 5.27. The molecule has 4 rings (SSSR count). The SMILES string of the molecule is CC(C)N1C(=O)C(C)n2c1nc1c(sc3ccccc31)c2=O. The van der Waals surface area contributed by atoms with Gasteiger partial charge in [0.05, 0.1) is 5.52 Å². The van der Waals surface area contributed by atoms with Crippen molar-refractivity contribution in [3.05, 3.63) is 34.6 Å². The highest BCUT2D eigenvalue weighted by molar-refractivity contribution is 7.25. The third kappa shape index (κ3) is 1.56. The number of fused-ring (bicyclic) bond motifs is 4. The van der Waals surface area contributed by atoms with Crippen LogP contribution < -0.4 is 10.5 Å². The molecule has 112 valence electrons. The van der Waals surface area contributed by atoms with E-state index >= 15 is 0 Å². The normalized spacial score (nSPS) is 17.9. The van der Waals surface area contributed by atoms with Gasteiger partial charge in [0, 0.05) is 16.1 Å². The minimum Gasteiger partial charge on any atom is -0.278 e. The van der Waals surface area contributed by atoms with E-state index in [0.29, 0.717) is 16.2 Å². The summed E-state index contributed by atoms with van der Waals surface area (Å²) in [5, 5.41) is 0.971. The van der Waals surface area contributed by atoms with E-state index in [2.05, 4.69) is 4.98 Å². The topological polar surface area (TPSA) is 55.2 Å². The largest absolute Gasteiger partial charge is 0.278 e. The molecule has 3 aromatic rings. The summed E-state index contributed by atoms with van der Waals surface area (Å²) in [7, 11) is 0. The van der Waals surface area contributed by atoms with Crippen molar-refractivity contribution < 1.29 is 4.79 Å². The summed E-state index contributed by atoms with van der Waals surface area (Å²) in [4.78, 5) is 31.6. The molecule has 0 spiro atoms. The summed E-state index contributed by atoms with van der Waals surface area (Å²) in [6.45, 7) is 5.63. The Balaban J connectivity index is 2.16. The zero-order chi connectivity index (χ0) is 15.6. The van der Waals surface area contributed by atoms with Crippen molar-refractivity contribution >= 4 is 43.5 Å². The van der Waals surface area contributed by atoms with Crippen LogP contribution in [-0.4, -0.2) is 21.5 Å². The standard InChI is InChI=1S/C16H15N3O2S/c1-8(2)18-14(20)9(3)19-15(21)13-12(17-16(18)19)10-6-4-5-7-11(10)22-13/h4-9H,1-3H3. The van der Waals surface area contributed by atoms with E-state index in [1.807, 2.05) is 38.1 Å². The summed E-state index contributed by atoms with van der Waals surface area (Å²) in [5.41, 5.74) is 0.578. The van der Waals surface area contributed by atoms with Crippen molar-refractivity contribution in [3.63, 3.8) is 0 Å². The van der Waals surface area contributed by atoms with Crippen LogP contribution in [0.2, 0.25) is 0 Å². The average Bonchev–Trinajstić information content (AvgIpc) is 2.97. The minimum atomic E-state index is -0.494. The molecule has 0 saturated carbocycles. The number of hydrogen-bond donors (Lipinski definition) is 0. The zero-order valence-corrected chi connectivity index (χ0v) is 13.3. The lowest BCUT2D eigenvalue weighted by molar-refractivity contribution is -0.120. The molecule has 5 nitrogen and oxygen atoms in total. The molecule has 0 bridgehead atoms. The molecule has 1 atom stereocenters. The molecule has 0 aliphatic carbocycles. The van der Waals surface area contributed by atoms with E-state index in [1.54, 1.807) is 11.8 Å². The number of carbonyl (C=O) groups is 1. The second-order valence-electron chi connectivity index (χ2n) is 5.84. The number of rotatable bonds is 1. The predicted octanol–water partition coefficient (Wildman–Crippen LogP) is 2.93. The summed E-state index contributed by atoms with van der Waals surface area (Å²) in [6.07, 6.45) is 0. The van der Waals surface area contributed by atoms with E-state index in [4.69, 9.17) is 0 Å². The van der Waals surface area contributed by atoms with Gasteiger partial charge in [-0.15, -0.1) is 11.3 Å².